The minimum absolute atomic E-state index is 0.131. The van der Waals surface area contributed by atoms with E-state index in [0.717, 1.165) is 36.6 Å². The number of fused-ring (bicyclic) bond motifs is 1. The summed E-state index contributed by atoms with van der Waals surface area (Å²) in [6, 6.07) is 0.223. The van der Waals surface area contributed by atoms with Crippen LogP contribution in [0.2, 0.25) is 0 Å². The molecule has 1 fully saturated rings. The van der Waals surface area contributed by atoms with Crippen molar-refractivity contribution < 1.29 is 4.79 Å². The summed E-state index contributed by atoms with van der Waals surface area (Å²) in [7, 11) is 2.08. The third-order valence-corrected chi connectivity index (χ3v) is 4.54. The summed E-state index contributed by atoms with van der Waals surface area (Å²) in [6.45, 7) is 8.48. The molecule has 1 aliphatic rings. The third-order valence-electron chi connectivity index (χ3n) is 4.54. The number of hydrogen-bond acceptors (Lipinski definition) is 6. The Morgan fingerprint density at radius 2 is 2.04 bits per heavy atom. The average molecular weight is 317 g/mol. The summed E-state index contributed by atoms with van der Waals surface area (Å²) in [5, 5.41) is 4.15. The molecule has 1 aliphatic heterocycles. The van der Waals surface area contributed by atoms with Crippen LogP contribution >= 0.6 is 0 Å². The molecule has 0 spiro atoms. The lowest BCUT2D eigenvalue weighted by molar-refractivity contribution is -0.134. The summed E-state index contributed by atoms with van der Waals surface area (Å²) in [5.41, 5.74) is 8.22. The van der Waals surface area contributed by atoms with Crippen molar-refractivity contribution in [1.82, 2.24) is 29.4 Å². The first-order valence-corrected chi connectivity index (χ1v) is 7.83. The van der Waals surface area contributed by atoms with E-state index < -0.39 is 0 Å². The van der Waals surface area contributed by atoms with Gasteiger partial charge in [-0.15, -0.1) is 5.10 Å². The number of anilines is 1. The molecule has 8 nitrogen and oxygen atoms in total. The molecular formula is C15H23N7O. The summed E-state index contributed by atoms with van der Waals surface area (Å²) < 4.78 is 1.61. The Hall–Kier alpha value is -2.22. The number of aromatic nitrogens is 4. The maximum Gasteiger partial charge on any atom is 0.254 e. The molecule has 0 bridgehead atoms. The van der Waals surface area contributed by atoms with Crippen LogP contribution in [-0.2, 0) is 11.2 Å². The van der Waals surface area contributed by atoms with E-state index in [1.54, 1.807) is 4.52 Å². The van der Waals surface area contributed by atoms with Gasteiger partial charge in [-0.3, -0.25) is 4.79 Å². The van der Waals surface area contributed by atoms with Crippen LogP contribution in [0.5, 0.6) is 0 Å². The molecule has 124 valence electrons. The summed E-state index contributed by atoms with van der Waals surface area (Å²) >= 11 is 0. The molecule has 3 heterocycles. The van der Waals surface area contributed by atoms with Gasteiger partial charge < -0.3 is 15.5 Å². The van der Waals surface area contributed by atoms with Crippen molar-refractivity contribution in [3.63, 3.8) is 0 Å². The lowest BCUT2D eigenvalue weighted by atomic mass is 10.1. The highest BCUT2D eigenvalue weighted by Gasteiger charge is 2.27. The van der Waals surface area contributed by atoms with Gasteiger partial charge in [0.1, 0.15) is 0 Å². The first kappa shape index (κ1) is 15.7. The minimum Gasteiger partial charge on any atom is -0.366 e. The Balaban J connectivity index is 1.87. The molecule has 8 heteroatoms. The maximum atomic E-state index is 12.7. The van der Waals surface area contributed by atoms with Crippen molar-refractivity contribution in [2.75, 3.05) is 32.4 Å². The van der Waals surface area contributed by atoms with Crippen molar-refractivity contribution in [3.05, 3.63) is 17.0 Å². The topological polar surface area (TPSA) is 92.6 Å². The van der Waals surface area contributed by atoms with Crippen LogP contribution in [0.1, 0.15) is 23.9 Å². The van der Waals surface area contributed by atoms with Gasteiger partial charge in [-0.05, 0) is 27.8 Å². The molecule has 3 rings (SSSR count). The van der Waals surface area contributed by atoms with E-state index in [4.69, 9.17) is 5.73 Å². The Morgan fingerprint density at radius 1 is 1.30 bits per heavy atom. The fourth-order valence-corrected chi connectivity index (χ4v) is 3.24. The van der Waals surface area contributed by atoms with Crippen LogP contribution in [0, 0.1) is 13.8 Å². The number of carbonyl (C=O) groups is 1. The number of piperazine rings is 1. The highest BCUT2D eigenvalue weighted by atomic mass is 16.2. The van der Waals surface area contributed by atoms with E-state index in [9.17, 15) is 4.79 Å². The van der Waals surface area contributed by atoms with E-state index in [-0.39, 0.29) is 17.9 Å². The average Bonchev–Trinajstić information content (AvgIpc) is 2.83. The van der Waals surface area contributed by atoms with Gasteiger partial charge in [0, 0.05) is 42.6 Å². The molecule has 23 heavy (non-hydrogen) atoms. The zero-order valence-electron chi connectivity index (χ0n) is 14.1. The number of rotatable bonds is 2. The van der Waals surface area contributed by atoms with Crippen molar-refractivity contribution in [1.29, 1.82) is 0 Å². The fraction of sp³-hybridized carbons (Fsp3) is 0.600. The maximum absolute atomic E-state index is 12.7. The van der Waals surface area contributed by atoms with Crippen LogP contribution in [0.3, 0.4) is 0 Å². The minimum atomic E-state index is 0.131. The number of nitrogens with zero attached hydrogens (tertiary/aromatic N) is 6. The SMILES string of the molecule is Cc1nc2nc(N)nn2c(C)c1CC(=O)N1CCN(C)C[C@H]1C. The lowest BCUT2D eigenvalue weighted by Gasteiger charge is -2.38. The normalized spacial score (nSPS) is 19.5. The first-order valence-electron chi connectivity index (χ1n) is 7.83. The zero-order chi connectivity index (χ0) is 16.7. The number of carbonyl (C=O) groups excluding carboxylic acids is 1. The second kappa shape index (κ2) is 5.77. The van der Waals surface area contributed by atoms with Crippen molar-refractivity contribution in [2.24, 2.45) is 0 Å². The van der Waals surface area contributed by atoms with Crippen molar-refractivity contribution >= 4 is 17.6 Å². The Kier molecular flexibility index (Phi) is 3.93. The largest absolute Gasteiger partial charge is 0.366 e. The predicted molar refractivity (Wildman–Crippen MR) is 87.0 cm³/mol. The first-order chi connectivity index (χ1) is 10.9. The van der Waals surface area contributed by atoms with Gasteiger partial charge in [0.2, 0.25) is 11.9 Å². The highest BCUT2D eigenvalue weighted by Crippen LogP contribution is 2.17. The summed E-state index contributed by atoms with van der Waals surface area (Å²) in [6.07, 6.45) is 0.328. The number of likely N-dealkylation sites (N-methyl/N-ethyl adjacent to an activating group) is 1. The van der Waals surface area contributed by atoms with Crippen LogP contribution < -0.4 is 5.73 Å². The number of nitrogens with two attached hydrogens (primary N) is 1. The molecule has 2 N–H and O–H groups in total. The predicted octanol–water partition coefficient (Wildman–Crippen LogP) is 0.0283. The van der Waals surface area contributed by atoms with E-state index in [1.807, 2.05) is 18.7 Å². The zero-order valence-corrected chi connectivity index (χ0v) is 14.1. The smallest absolute Gasteiger partial charge is 0.254 e. The van der Waals surface area contributed by atoms with Crippen LogP contribution in [0.4, 0.5) is 5.95 Å². The molecular weight excluding hydrogens is 294 g/mol. The quantitative estimate of drug-likeness (QED) is 0.840. The number of amides is 1. The van der Waals surface area contributed by atoms with Gasteiger partial charge in [0.25, 0.3) is 5.78 Å². The van der Waals surface area contributed by atoms with Crippen LogP contribution in [0.15, 0.2) is 0 Å². The van der Waals surface area contributed by atoms with Gasteiger partial charge >= 0.3 is 0 Å². The van der Waals surface area contributed by atoms with Gasteiger partial charge in [0.05, 0.1) is 6.42 Å². The van der Waals surface area contributed by atoms with Gasteiger partial charge in [-0.2, -0.15) is 9.50 Å². The lowest BCUT2D eigenvalue weighted by Crippen LogP contribution is -2.53. The van der Waals surface area contributed by atoms with Crippen molar-refractivity contribution in [2.45, 2.75) is 33.2 Å². The monoisotopic (exact) mass is 317 g/mol. The van der Waals surface area contributed by atoms with Crippen LogP contribution in [0.25, 0.3) is 5.78 Å². The van der Waals surface area contributed by atoms with E-state index in [0.29, 0.717) is 12.2 Å². The molecule has 1 atom stereocenters. The Labute approximate surface area is 135 Å². The highest BCUT2D eigenvalue weighted by molar-refractivity contribution is 5.79. The van der Waals surface area contributed by atoms with Gasteiger partial charge in [-0.1, -0.05) is 0 Å². The molecule has 2 aromatic heterocycles. The number of aryl methyl sites for hydroxylation is 2. The van der Waals surface area contributed by atoms with Gasteiger partial charge in [0.15, 0.2) is 0 Å². The van der Waals surface area contributed by atoms with E-state index in [1.165, 1.54) is 0 Å². The molecule has 0 saturated carbocycles. The van der Waals surface area contributed by atoms with Crippen molar-refractivity contribution in [3.8, 4) is 0 Å². The number of nitrogen functional groups attached to an aromatic ring is 1. The van der Waals surface area contributed by atoms with E-state index >= 15 is 0 Å². The summed E-state index contributed by atoms with van der Waals surface area (Å²) in [5.74, 6) is 0.795. The molecule has 0 radical (unpaired) electrons. The van der Waals surface area contributed by atoms with Crippen LogP contribution in [-0.4, -0.2) is 68.0 Å². The Morgan fingerprint density at radius 3 is 2.74 bits per heavy atom. The van der Waals surface area contributed by atoms with E-state index in [2.05, 4.69) is 33.9 Å². The Bertz CT molecular complexity index is 754. The molecule has 0 aliphatic carbocycles. The molecule has 0 aromatic carbocycles. The molecule has 0 unspecified atom stereocenters. The fourth-order valence-electron chi connectivity index (χ4n) is 3.24. The standard InChI is InChI=1S/C15H23N7O/c1-9-8-20(4)5-6-21(9)13(23)7-12-10(2)17-15-18-14(16)19-22(15)11(12)3/h9H,5-8H2,1-4H3,(H2,16,19)/t9-/m1/s1. The van der Waals surface area contributed by atoms with Gasteiger partial charge in [-0.25, -0.2) is 4.98 Å². The third kappa shape index (κ3) is 2.86. The molecule has 1 amide bonds. The number of hydrogen-bond donors (Lipinski definition) is 1. The second-order valence-corrected chi connectivity index (χ2v) is 6.32. The molecule has 2 aromatic rings. The summed E-state index contributed by atoms with van der Waals surface area (Å²) in [4.78, 5) is 25.4. The molecule has 1 saturated heterocycles. The second-order valence-electron chi connectivity index (χ2n) is 6.32.